The van der Waals surface area contributed by atoms with E-state index in [0.29, 0.717) is 0 Å². The lowest BCUT2D eigenvalue weighted by atomic mass is 10.4. The molecule has 1 saturated heterocycles. The second-order valence-corrected chi connectivity index (χ2v) is 5.86. The molecule has 0 aromatic carbocycles. The maximum atomic E-state index is 12.2. The molecule has 0 saturated carbocycles. The highest BCUT2D eigenvalue weighted by Crippen LogP contribution is 2.23. The van der Waals surface area contributed by atoms with Gasteiger partial charge < -0.3 is 0 Å². The number of hydrogen-bond donors (Lipinski definition) is 1. The van der Waals surface area contributed by atoms with Crippen LogP contribution < -0.4 is 5.32 Å². The molecule has 0 spiro atoms. The summed E-state index contributed by atoms with van der Waals surface area (Å²) in [5.74, 6) is -1.34. The minimum Gasteiger partial charge on any atom is -0.294 e. The minimum absolute atomic E-state index is 0.0107. The van der Waals surface area contributed by atoms with Crippen molar-refractivity contribution in [3.8, 4) is 0 Å². The molecule has 2 rings (SSSR count). The molecule has 18 heavy (non-hydrogen) atoms. The summed E-state index contributed by atoms with van der Waals surface area (Å²) >= 11 is 5.77. The van der Waals surface area contributed by atoms with Crippen LogP contribution in [0.5, 0.6) is 0 Å². The van der Waals surface area contributed by atoms with Gasteiger partial charge in [-0.15, -0.1) is 0 Å². The lowest BCUT2D eigenvalue weighted by molar-refractivity contribution is -0.134. The van der Waals surface area contributed by atoms with Crippen molar-refractivity contribution in [3.63, 3.8) is 0 Å². The van der Waals surface area contributed by atoms with Gasteiger partial charge >= 0.3 is 0 Å². The fraction of sp³-hybridized carbons (Fsp3) is 0.222. The number of imide groups is 1. The van der Waals surface area contributed by atoms with Crippen LogP contribution in [0.2, 0.25) is 5.02 Å². The molecule has 2 heterocycles. The Labute approximate surface area is 108 Å². The number of halogens is 1. The summed E-state index contributed by atoms with van der Waals surface area (Å²) in [6.45, 7) is -0.835. The molecular formula is C9H8ClN3O4S. The Morgan fingerprint density at radius 2 is 1.89 bits per heavy atom. The van der Waals surface area contributed by atoms with E-state index in [1.54, 1.807) is 0 Å². The highest BCUT2D eigenvalue weighted by molar-refractivity contribution is 7.89. The molecule has 7 nitrogen and oxygen atoms in total. The number of carbonyl (C=O) groups is 2. The maximum absolute atomic E-state index is 12.2. The lowest BCUT2D eigenvalue weighted by Gasteiger charge is -2.24. The van der Waals surface area contributed by atoms with Gasteiger partial charge in [-0.1, -0.05) is 11.6 Å². The minimum atomic E-state index is -4.00. The van der Waals surface area contributed by atoms with E-state index in [0.717, 1.165) is 10.5 Å². The molecule has 1 aromatic rings. The Morgan fingerprint density at radius 3 is 2.44 bits per heavy atom. The van der Waals surface area contributed by atoms with Crippen molar-refractivity contribution in [2.24, 2.45) is 0 Å². The second kappa shape index (κ2) is 4.63. The van der Waals surface area contributed by atoms with Gasteiger partial charge in [0.25, 0.3) is 0 Å². The fourth-order valence-electron chi connectivity index (χ4n) is 1.47. The molecule has 0 bridgehead atoms. The molecule has 0 aliphatic carbocycles. The SMILES string of the molecule is O=C1CN(S(=O)(=O)c2cnccc2Cl)CC(=O)N1. The topological polar surface area (TPSA) is 96.4 Å². The second-order valence-electron chi connectivity index (χ2n) is 3.55. The van der Waals surface area contributed by atoms with Gasteiger partial charge in [0.05, 0.1) is 18.1 Å². The number of pyridine rings is 1. The van der Waals surface area contributed by atoms with E-state index in [2.05, 4.69) is 4.98 Å². The van der Waals surface area contributed by atoms with Crippen LogP contribution in [0.4, 0.5) is 0 Å². The van der Waals surface area contributed by atoms with Gasteiger partial charge in [-0.05, 0) is 6.07 Å². The van der Waals surface area contributed by atoms with Crippen LogP contribution in [0.1, 0.15) is 0 Å². The molecular weight excluding hydrogens is 282 g/mol. The first-order chi connectivity index (χ1) is 8.41. The third-order valence-corrected chi connectivity index (χ3v) is 4.53. The summed E-state index contributed by atoms with van der Waals surface area (Å²) in [6, 6.07) is 1.32. The van der Waals surface area contributed by atoms with E-state index >= 15 is 0 Å². The van der Waals surface area contributed by atoms with E-state index in [1.807, 2.05) is 5.32 Å². The highest BCUT2D eigenvalue weighted by Gasteiger charge is 2.34. The predicted octanol–water partition coefficient (Wildman–Crippen LogP) is -0.618. The number of carbonyl (C=O) groups excluding carboxylic acids is 2. The zero-order chi connectivity index (χ0) is 13.3. The van der Waals surface area contributed by atoms with Crippen molar-refractivity contribution in [1.82, 2.24) is 14.6 Å². The summed E-state index contributed by atoms with van der Waals surface area (Å²) in [5, 5.41) is 2.00. The summed E-state index contributed by atoms with van der Waals surface area (Å²) in [7, 11) is -4.00. The zero-order valence-electron chi connectivity index (χ0n) is 8.96. The van der Waals surface area contributed by atoms with Crippen molar-refractivity contribution in [1.29, 1.82) is 0 Å². The largest absolute Gasteiger partial charge is 0.294 e. The van der Waals surface area contributed by atoms with Crippen LogP contribution >= 0.6 is 11.6 Å². The Balaban J connectivity index is 2.40. The number of amides is 2. The number of hydrogen-bond acceptors (Lipinski definition) is 5. The molecule has 0 radical (unpaired) electrons. The van der Waals surface area contributed by atoms with E-state index in [-0.39, 0.29) is 9.92 Å². The van der Waals surface area contributed by atoms with Gasteiger partial charge in [-0.2, -0.15) is 4.31 Å². The molecule has 1 N–H and O–H groups in total. The van der Waals surface area contributed by atoms with Gasteiger partial charge in [-0.25, -0.2) is 8.42 Å². The molecule has 1 aliphatic rings. The van der Waals surface area contributed by atoms with Crippen molar-refractivity contribution < 1.29 is 18.0 Å². The normalized spacial score (nSPS) is 17.6. The van der Waals surface area contributed by atoms with Gasteiger partial charge in [0, 0.05) is 12.4 Å². The number of piperazine rings is 1. The van der Waals surface area contributed by atoms with Crippen LogP contribution in [0.15, 0.2) is 23.4 Å². The third-order valence-electron chi connectivity index (χ3n) is 2.27. The average Bonchev–Trinajstić information content (AvgIpc) is 2.28. The molecule has 9 heteroatoms. The van der Waals surface area contributed by atoms with Gasteiger partial charge in [0.1, 0.15) is 4.90 Å². The quantitative estimate of drug-likeness (QED) is 0.732. The van der Waals surface area contributed by atoms with Gasteiger partial charge in [0.15, 0.2) is 0 Å². The van der Waals surface area contributed by atoms with Gasteiger partial charge in [0.2, 0.25) is 21.8 Å². The number of sulfonamides is 1. The Hall–Kier alpha value is -1.51. The van der Waals surface area contributed by atoms with E-state index in [4.69, 9.17) is 11.6 Å². The number of nitrogens with zero attached hydrogens (tertiary/aromatic N) is 2. The number of rotatable bonds is 2. The Kier molecular flexibility index (Phi) is 3.33. The highest BCUT2D eigenvalue weighted by atomic mass is 35.5. The lowest BCUT2D eigenvalue weighted by Crippen LogP contribution is -2.53. The van der Waals surface area contributed by atoms with Crippen LogP contribution in [0, 0.1) is 0 Å². The molecule has 2 amide bonds. The fourth-order valence-corrected chi connectivity index (χ4v) is 3.23. The molecule has 0 atom stereocenters. The summed E-state index contributed by atoms with van der Waals surface area (Å²) in [5.41, 5.74) is 0. The summed E-state index contributed by atoms with van der Waals surface area (Å²) in [4.78, 5) is 25.8. The maximum Gasteiger partial charge on any atom is 0.247 e. The summed E-state index contributed by atoms with van der Waals surface area (Å²) in [6.07, 6.45) is 2.42. The van der Waals surface area contributed by atoms with Crippen LogP contribution in [0.25, 0.3) is 0 Å². The van der Waals surface area contributed by atoms with Crippen molar-refractivity contribution in [2.75, 3.05) is 13.1 Å². The zero-order valence-corrected chi connectivity index (χ0v) is 10.5. The van der Waals surface area contributed by atoms with Crippen molar-refractivity contribution >= 4 is 33.4 Å². The number of aromatic nitrogens is 1. The van der Waals surface area contributed by atoms with Gasteiger partial charge in [-0.3, -0.25) is 19.9 Å². The van der Waals surface area contributed by atoms with Crippen LogP contribution in [-0.4, -0.2) is 42.6 Å². The number of nitrogens with one attached hydrogen (secondary N) is 1. The van der Waals surface area contributed by atoms with Crippen molar-refractivity contribution in [2.45, 2.75) is 4.90 Å². The monoisotopic (exact) mass is 289 g/mol. The first-order valence-corrected chi connectivity index (χ1v) is 6.65. The van der Waals surface area contributed by atoms with E-state index in [1.165, 1.54) is 12.3 Å². The smallest absolute Gasteiger partial charge is 0.247 e. The Morgan fingerprint density at radius 1 is 1.28 bits per heavy atom. The predicted molar refractivity (Wildman–Crippen MR) is 61.2 cm³/mol. The van der Waals surface area contributed by atoms with Crippen molar-refractivity contribution in [3.05, 3.63) is 23.5 Å². The average molecular weight is 290 g/mol. The molecule has 0 unspecified atom stereocenters. The van der Waals surface area contributed by atoms with Crippen LogP contribution in [-0.2, 0) is 19.6 Å². The summed E-state index contributed by atoms with van der Waals surface area (Å²) < 4.78 is 25.1. The molecule has 96 valence electrons. The third kappa shape index (κ3) is 2.35. The molecule has 1 aliphatic heterocycles. The molecule has 1 aromatic heterocycles. The standard InChI is InChI=1S/C9H8ClN3O4S/c10-6-1-2-11-3-7(6)18(16,17)13-4-8(14)12-9(15)5-13/h1-3H,4-5H2,(H,12,14,15). The Bertz CT molecular complexity index is 600. The van der Waals surface area contributed by atoms with E-state index in [9.17, 15) is 18.0 Å². The van der Waals surface area contributed by atoms with Crippen LogP contribution in [0.3, 0.4) is 0 Å². The van der Waals surface area contributed by atoms with E-state index < -0.39 is 34.9 Å². The first kappa shape index (κ1) is 12.9. The first-order valence-electron chi connectivity index (χ1n) is 4.83. The molecule has 1 fully saturated rings.